The zero-order valence-corrected chi connectivity index (χ0v) is 13.6. The van der Waals surface area contributed by atoms with Crippen molar-refractivity contribution in [2.24, 2.45) is 0 Å². The lowest BCUT2D eigenvalue weighted by Crippen LogP contribution is -2.04. The number of carboxylic acid groups (broad SMARTS) is 1. The van der Waals surface area contributed by atoms with Crippen molar-refractivity contribution in [3.8, 4) is 0 Å². The first-order valence-corrected chi connectivity index (χ1v) is 7.95. The maximum Gasteiger partial charge on any atom is 0.335 e. The van der Waals surface area contributed by atoms with Gasteiger partial charge in [-0.15, -0.1) is 0 Å². The van der Waals surface area contributed by atoms with E-state index < -0.39 is 5.97 Å². The van der Waals surface area contributed by atoms with E-state index in [-0.39, 0.29) is 17.8 Å². The molecule has 1 heterocycles. The molecule has 0 saturated heterocycles. The molecular formula is C15H9FINO2S. The smallest absolute Gasteiger partial charge is 0.335 e. The first-order valence-electron chi connectivity index (χ1n) is 6.10. The zero-order valence-electron chi connectivity index (χ0n) is 10.6. The Bertz CT molecular complexity index is 847. The highest BCUT2D eigenvalue weighted by Crippen LogP contribution is 2.28. The van der Waals surface area contributed by atoms with Gasteiger partial charge in [-0.2, -0.15) is 4.37 Å². The molecule has 0 fully saturated rings. The number of carbonyl (C=O) groups is 1. The number of carboxylic acids is 1. The number of fused-ring (bicyclic) bond motifs is 1. The van der Waals surface area contributed by atoms with E-state index in [0.717, 1.165) is 13.7 Å². The van der Waals surface area contributed by atoms with Crippen molar-refractivity contribution >= 4 is 50.2 Å². The third-order valence-electron chi connectivity index (χ3n) is 3.26. The molecule has 3 nitrogen and oxygen atoms in total. The second-order valence-corrected chi connectivity index (χ2v) is 6.63. The molecular weight excluding hydrogens is 404 g/mol. The Kier molecular flexibility index (Phi) is 3.90. The first kappa shape index (κ1) is 14.4. The van der Waals surface area contributed by atoms with Gasteiger partial charge in [0.25, 0.3) is 0 Å². The van der Waals surface area contributed by atoms with Gasteiger partial charge in [-0.05, 0) is 69.5 Å². The Morgan fingerprint density at radius 1 is 1.33 bits per heavy atom. The molecule has 2 aromatic carbocycles. The highest BCUT2D eigenvalue weighted by molar-refractivity contribution is 14.1. The van der Waals surface area contributed by atoms with Crippen molar-refractivity contribution in [1.82, 2.24) is 4.37 Å². The predicted octanol–water partition coefficient (Wildman–Crippen LogP) is 4.33. The van der Waals surface area contributed by atoms with Crippen LogP contribution in [0.5, 0.6) is 0 Å². The van der Waals surface area contributed by atoms with Crippen LogP contribution in [0.3, 0.4) is 0 Å². The third-order valence-corrected chi connectivity index (χ3v) is 4.70. The molecule has 0 aliphatic rings. The summed E-state index contributed by atoms with van der Waals surface area (Å²) in [5.41, 5.74) is 1.28. The van der Waals surface area contributed by atoms with Gasteiger partial charge in [0.2, 0.25) is 0 Å². The number of halogens is 2. The van der Waals surface area contributed by atoms with E-state index in [1.165, 1.54) is 17.6 Å². The van der Waals surface area contributed by atoms with Gasteiger partial charge in [0.15, 0.2) is 0 Å². The number of rotatable bonds is 3. The summed E-state index contributed by atoms with van der Waals surface area (Å²) in [6, 6.07) is 8.25. The maximum atomic E-state index is 14.0. The molecule has 1 N–H and O–H groups in total. The normalized spacial score (nSPS) is 11.0. The monoisotopic (exact) mass is 413 g/mol. The fourth-order valence-electron chi connectivity index (χ4n) is 2.25. The summed E-state index contributed by atoms with van der Waals surface area (Å²) in [6.45, 7) is 0. The van der Waals surface area contributed by atoms with E-state index >= 15 is 0 Å². The van der Waals surface area contributed by atoms with Gasteiger partial charge in [-0.3, -0.25) is 0 Å². The first-order chi connectivity index (χ1) is 10.1. The second-order valence-electron chi connectivity index (χ2n) is 4.55. The summed E-state index contributed by atoms with van der Waals surface area (Å²) in [4.78, 5) is 11.4. The van der Waals surface area contributed by atoms with Gasteiger partial charge in [0.1, 0.15) is 5.82 Å². The SMILES string of the molecule is O=C(O)c1ccc2sncc2c1Cc1ccc(I)cc1F. The Hall–Kier alpha value is -1.54. The van der Waals surface area contributed by atoms with Crippen molar-refractivity contribution in [2.75, 3.05) is 0 Å². The van der Waals surface area contributed by atoms with Crippen molar-refractivity contribution in [3.63, 3.8) is 0 Å². The summed E-state index contributed by atoms with van der Waals surface area (Å²) in [5.74, 6) is -1.33. The summed E-state index contributed by atoms with van der Waals surface area (Å²) >= 11 is 3.34. The van der Waals surface area contributed by atoms with Gasteiger partial charge in [-0.25, -0.2) is 9.18 Å². The molecule has 0 unspecified atom stereocenters. The summed E-state index contributed by atoms with van der Waals surface area (Å²) < 4.78 is 19.8. The number of hydrogen-bond acceptors (Lipinski definition) is 3. The van der Waals surface area contributed by atoms with Crippen LogP contribution in [0.1, 0.15) is 21.5 Å². The van der Waals surface area contributed by atoms with Crippen LogP contribution in [0.15, 0.2) is 36.5 Å². The topological polar surface area (TPSA) is 50.2 Å². The van der Waals surface area contributed by atoms with Gasteiger partial charge in [0.05, 0.1) is 10.3 Å². The minimum absolute atomic E-state index is 0.195. The molecule has 0 amide bonds. The highest BCUT2D eigenvalue weighted by Gasteiger charge is 2.16. The van der Waals surface area contributed by atoms with Crippen LogP contribution in [0.25, 0.3) is 10.1 Å². The van der Waals surface area contributed by atoms with Crippen LogP contribution in [0, 0.1) is 9.39 Å². The van der Waals surface area contributed by atoms with Crippen molar-refractivity contribution in [2.45, 2.75) is 6.42 Å². The summed E-state index contributed by atoms with van der Waals surface area (Å²) in [5, 5.41) is 10.1. The van der Waals surface area contributed by atoms with Crippen LogP contribution in [-0.2, 0) is 6.42 Å². The minimum atomic E-state index is -1.01. The molecule has 3 aromatic rings. The summed E-state index contributed by atoms with van der Waals surface area (Å²) in [6.07, 6.45) is 1.88. The zero-order chi connectivity index (χ0) is 15.0. The molecule has 0 aliphatic heterocycles. The quantitative estimate of drug-likeness (QED) is 0.651. The third kappa shape index (κ3) is 2.77. The molecule has 0 aliphatic carbocycles. The Morgan fingerprint density at radius 3 is 2.86 bits per heavy atom. The van der Waals surface area contributed by atoms with E-state index in [2.05, 4.69) is 4.37 Å². The van der Waals surface area contributed by atoms with Gasteiger partial charge in [0, 0.05) is 21.6 Å². The number of nitrogens with zero attached hydrogens (tertiary/aromatic N) is 1. The number of aromatic nitrogens is 1. The van der Waals surface area contributed by atoms with Crippen molar-refractivity contribution in [3.05, 3.63) is 62.6 Å². The van der Waals surface area contributed by atoms with Crippen LogP contribution in [-0.4, -0.2) is 15.4 Å². The van der Waals surface area contributed by atoms with E-state index in [9.17, 15) is 14.3 Å². The van der Waals surface area contributed by atoms with E-state index in [1.807, 2.05) is 28.7 Å². The Labute approximate surface area is 137 Å². The maximum absolute atomic E-state index is 14.0. The van der Waals surface area contributed by atoms with Crippen LogP contribution in [0.4, 0.5) is 4.39 Å². The molecule has 106 valence electrons. The van der Waals surface area contributed by atoms with Gasteiger partial charge in [-0.1, -0.05) is 6.07 Å². The Morgan fingerprint density at radius 2 is 2.14 bits per heavy atom. The highest BCUT2D eigenvalue weighted by atomic mass is 127. The largest absolute Gasteiger partial charge is 0.478 e. The number of hydrogen-bond donors (Lipinski definition) is 1. The lowest BCUT2D eigenvalue weighted by atomic mass is 9.96. The molecule has 0 spiro atoms. The van der Waals surface area contributed by atoms with Gasteiger partial charge < -0.3 is 5.11 Å². The fourth-order valence-corrected chi connectivity index (χ4v) is 3.37. The average Bonchev–Trinajstić information content (AvgIpc) is 2.90. The van der Waals surface area contributed by atoms with Gasteiger partial charge >= 0.3 is 5.97 Å². The van der Waals surface area contributed by atoms with E-state index in [4.69, 9.17) is 0 Å². The number of benzene rings is 2. The van der Waals surface area contributed by atoms with Crippen LogP contribution < -0.4 is 0 Å². The van der Waals surface area contributed by atoms with Crippen LogP contribution in [0.2, 0.25) is 0 Å². The molecule has 0 bridgehead atoms. The van der Waals surface area contributed by atoms with Crippen molar-refractivity contribution in [1.29, 1.82) is 0 Å². The lowest BCUT2D eigenvalue weighted by molar-refractivity contribution is 0.0696. The molecule has 6 heteroatoms. The molecule has 0 saturated carbocycles. The number of aromatic carboxylic acids is 1. The standard InChI is InChI=1S/C15H9FINO2S/c16-13-6-9(17)2-1-8(13)5-11-10(15(19)20)3-4-14-12(11)7-18-21-14/h1-4,6-7H,5H2,(H,19,20). The summed E-state index contributed by atoms with van der Waals surface area (Å²) in [7, 11) is 0. The van der Waals surface area contributed by atoms with Crippen LogP contribution >= 0.6 is 34.1 Å². The van der Waals surface area contributed by atoms with E-state index in [1.54, 1.807) is 24.4 Å². The Balaban J connectivity index is 2.16. The lowest BCUT2D eigenvalue weighted by Gasteiger charge is -2.09. The molecule has 0 radical (unpaired) electrons. The molecule has 0 atom stereocenters. The molecule has 1 aromatic heterocycles. The average molecular weight is 413 g/mol. The molecule has 3 rings (SSSR count). The second kappa shape index (κ2) is 5.69. The minimum Gasteiger partial charge on any atom is -0.478 e. The fraction of sp³-hybridized carbons (Fsp3) is 0.0667. The van der Waals surface area contributed by atoms with Crippen molar-refractivity contribution < 1.29 is 14.3 Å². The predicted molar refractivity (Wildman–Crippen MR) is 88.5 cm³/mol. The molecule has 21 heavy (non-hydrogen) atoms. The van der Waals surface area contributed by atoms with E-state index in [0.29, 0.717) is 11.1 Å².